The Morgan fingerprint density at radius 1 is 1.27 bits per heavy atom. The van der Waals surface area contributed by atoms with Crippen molar-refractivity contribution in [3.05, 3.63) is 53.6 Å². The predicted octanol–water partition coefficient (Wildman–Crippen LogP) is 1.83. The van der Waals surface area contributed by atoms with Crippen molar-refractivity contribution in [3.63, 3.8) is 0 Å². The lowest BCUT2D eigenvalue weighted by Gasteiger charge is -2.27. The molecule has 0 fully saturated rings. The van der Waals surface area contributed by atoms with Crippen molar-refractivity contribution in [1.29, 1.82) is 0 Å². The van der Waals surface area contributed by atoms with Gasteiger partial charge in [-0.25, -0.2) is 8.42 Å². The lowest BCUT2D eigenvalue weighted by atomic mass is 9.88. The summed E-state index contributed by atoms with van der Waals surface area (Å²) in [4.78, 5) is 24.1. The first-order valence-electron chi connectivity index (χ1n) is 9.75. The Hall–Kier alpha value is -2.91. The second-order valence-corrected chi connectivity index (χ2v) is 9.51. The number of carbonyl (C=O) groups excluding carboxylic acids is 2. The zero-order valence-electron chi connectivity index (χ0n) is 16.6. The predicted molar refractivity (Wildman–Crippen MR) is 111 cm³/mol. The average molecular weight is 429 g/mol. The second kappa shape index (κ2) is 8.08. The van der Waals surface area contributed by atoms with Gasteiger partial charge >= 0.3 is 0 Å². The maximum atomic E-state index is 12.9. The monoisotopic (exact) mass is 429 g/mol. The molecule has 2 amide bonds. The summed E-state index contributed by atoms with van der Waals surface area (Å²) in [7, 11) is -2.56. The molecule has 1 aliphatic carbocycles. The highest BCUT2D eigenvalue weighted by Crippen LogP contribution is 2.31. The van der Waals surface area contributed by atoms with Crippen LogP contribution in [-0.4, -0.2) is 44.7 Å². The van der Waals surface area contributed by atoms with Crippen molar-refractivity contribution in [2.24, 2.45) is 0 Å². The zero-order chi connectivity index (χ0) is 21.3. The second-order valence-electron chi connectivity index (χ2n) is 7.47. The van der Waals surface area contributed by atoms with Gasteiger partial charge in [0, 0.05) is 7.05 Å². The number of aryl methyl sites for hydroxylation is 1. The van der Waals surface area contributed by atoms with Crippen LogP contribution in [0.25, 0.3) is 0 Å². The minimum Gasteiger partial charge on any atom is -0.482 e. The van der Waals surface area contributed by atoms with E-state index in [1.807, 2.05) is 18.2 Å². The molecule has 2 aliphatic rings. The Balaban J connectivity index is 1.46. The first-order chi connectivity index (χ1) is 14.3. The summed E-state index contributed by atoms with van der Waals surface area (Å²) in [5, 5.41) is 5.55. The summed E-state index contributed by atoms with van der Waals surface area (Å²) in [5.41, 5.74) is 2.60. The summed E-state index contributed by atoms with van der Waals surface area (Å²) < 4.78 is 32.1. The number of amides is 2. The van der Waals surface area contributed by atoms with Gasteiger partial charge in [0.25, 0.3) is 5.91 Å². The standard InChI is InChI=1S/C21H23N3O5S/c1-24(12-20(25)22-17-8-4-6-14-5-2-3-7-16(14)17)30(27,28)15-9-10-19-18(11-15)23-21(26)13-29-19/h2-3,5,7,9-11,17H,4,6,8,12-13H2,1H3,(H,22,25)(H,23,26)/t17-/m1/s1. The summed E-state index contributed by atoms with van der Waals surface area (Å²) >= 11 is 0. The molecule has 0 radical (unpaired) electrons. The summed E-state index contributed by atoms with van der Waals surface area (Å²) in [6.45, 7) is -0.412. The number of sulfonamides is 1. The smallest absolute Gasteiger partial charge is 0.262 e. The average Bonchev–Trinajstić information content (AvgIpc) is 2.73. The molecule has 4 rings (SSSR count). The quantitative estimate of drug-likeness (QED) is 0.755. The van der Waals surface area contributed by atoms with E-state index in [-0.39, 0.29) is 35.9 Å². The zero-order valence-corrected chi connectivity index (χ0v) is 17.4. The normalized spacial score (nSPS) is 18.1. The Labute approximate surface area is 175 Å². The van der Waals surface area contributed by atoms with Gasteiger partial charge in [-0.2, -0.15) is 4.31 Å². The molecule has 0 spiro atoms. The number of rotatable bonds is 5. The highest BCUT2D eigenvalue weighted by molar-refractivity contribution is 7.89. The molecule has 1 aliphatic heterocycles. The number of hydrogen-bond acceptors (Lipinski definition) is 5. The third kappa shape index (κ3) is 4.03. The van der Waals surface area contributed by atoms with Gasteiger partial charge in [0.1, 0.15) is 5.75 Å². The van der Waals surface area contributed by atoms with Crippen molar-refractivity contribution < 1.29 is 22.7 Å². The molecule has 158 valence electrons. The number of nitrogens with one attached hydrogen (secondary N) is 2. The SMILES string of the molecule is CN(CC(=O)N[C@@H]1CCCc2ccccc21)S(=O)(=O)c1ccc2c(c1)NC(=O)CO2. The number of anilines is 1. The van der Waals surface area contributed by atoms with Crippen LogP contribution in [0, 0.1) is 0 Å². The van der Waals surface area contributed by atoms with Crippen molar-refractivity contribution in [3.8, 4) is 5.75 Å². The van der Waals surface area contributed by atoms with E-state index < -0.39 is 10.0 Å². The molecule has 0 aromatic heterocycles. The van der Waals surface area contributed by atoms with Crippen LogP contribution in [0.4, 0.5) is 5.69 Å². The molecule has 1 atom stereocenters. The molecule has 9 heteroatoms. The largest absolute Gasteiger partial charge is 0.482 e. The van der Waals surface area contributed by atoms with Crippen LogP contribution < -0.4 is 15.4 Å². The molecular formula is C21H23N3O5S. The molecule has 0 bridgehead atoms. The van der Waals surface area contributed by atoms with E-state index >= 15 is 0 Å². The van der Waals surface area contributed by atoms with Gasteiger partial charge < -0.3 is 15.4 Å². The van der Waals surface area contributed by atoms with Crippen LogP contribution in [0.3, 0.4) is 0 Å². The van der Waals surface area contributed by atoms with Crippen LogP contribution in [0.15, 0.2) is 47.4 Å². The van der Waals surface area contributed by atoms with E-state index in [2.05, 4.69) is 16.7 Å². The van der Waals surface area contributed by atoms with Crippen LogP contribution in [0.5, 0.6) is 5.75 Å². The number of carbonyl (C=O) groups is 2. The third-order valence-corrected chi connectivity index (χ3v) is 7.16. The molecule has 1 heterocycles. The topological polar surface area (TPSA) is 105 Å². The number of hydrogen-bond donors (Lipinski definition) is 2. The lowest BCUT2D eigenvalue weighted by Crippen LogP contribution is -2.40. The van der Waals surface area contributed by atoms with E-state index in [4.69, 9.17) is 4.74 Å². The Kier molecular flexibility index (Phi) is 5.48. The molecule has 0 saturated carbocycles. The Morgan fingerprint density at radius 3 is 2.90 bits per heavy atom. The lowest BCUT2D eigenvalue weighted by molar-refractivity contribution is -0.122. The van der Waals surface area contributed by atoms with E-state index in [0.29, 0.717) is 11.4 Å². The molecule has 2 N–H and O–H groups in total. The molecule has 30 heavy (non-hydrogen) atoms. The molecule has 2 aromatic rings. The van der Waals surface area contributed by atoms with Gasteiger partial charge in [-0.15, -0.1) is 0 Å². The van der Waals surface area contributed by atoms with Gasteiger partial charge in [-0.1, -0.05) is 24.3 Å². The highest BCUT2D eigenvalue weighted by atomic mass is 32.2. The Morgan fingerprint density at radius 2 is 2.07 bits per heavy atom. The minimum absolute atomic E-state index is 0.0228. The van der Waals surface area contributed by atoms with Crippen molar-refractivity contribution >= 4 is 27.5 Å². The van der Waals surface area contributed by atoms with E-state index in [1.165, 1.54) is 30.8 Å². The van der Waals surface area contributed by atoms with Gasteiger partial charge in [-0.05, 0) is 48.6 Å². The molecular weight excluding hydrogens is 406 g/mol. The first-order valence-corrected chi connectivity index (χ1v) is 11.2. The summed E-state index contributed by atoms with van der Waals surface area (Å²) in [6.07, 6.45) is 2.78. The fourth-order valence-corrected chi connectivity index (χ4v) is 4.99. The van der Waals surface area contributed by atoms with Crippen LogP contribution in [0.2, 0.25) is 0 Å². The van der Waals surface area contributed by atoms with Crippen molar-refractivity contribution in [2.45, 2.75) is 30.2 Å². The first kappa shape index (κ1) is 20.4. The fourth-order valence-electron chi connectivity index (χ4n) is 3.83. The molecule has 0 saturated heterocycles. The van der Waals surface area contributed by atoms with Crippen LogP contribution in [-0.2, 0) is 26.0 Å². The van der Waals surface area contributed by atoms with Gasteiger partial charge in [0.15, 0.2) is 6.61 Å². The maximum absolute atomic E-state index is 12.9. The number of ether oxygens (including phenoxy) is 1. The van der Waals surface area contributed by atoms with E-state index in [1.54, 1.807) is 0 Å². The van der Waals surface area contributed by atoms with E-state index in [9.17, 15) is 18.0 Å². The van der Waals surface area contributed by atoms with Gasteiger partial charge in [0.05, 0.1) is 23.2 Å². The number of benzene rings is 2. The maximum Gasteiger partial charge on any atom is 0.262 e. The number of fused-ring (bicyclic) bond motifs is 2. The fraction of sp³-hybridized carbons (Fsp3) is 0.333. The van der Waals surface area contributed by atoms with Gasteiger partial charge in [0.2, 0.25) is 15.9 Å². The van der Waals surface area contributed by atoms with Gasteiger partial charge in [-0.3, -0.25) is 9.59 Å². The minimum atomic E-state index is -3.92. The Bertz CT molecular complexity index is 1100. The highest BCUT2D eigenvalue weighted by Gasteiger charge is 2.27. The number of nitrogens with zero attached hydrogens (tertiary/aromatic N) is 1. The van der Waals surface area contributed by atoms with Crippen LogP contribution >= 0.6 is 0 Å². The van der Waals surface area contributed by atoms with Crippen molar-refractivity contribution in [1.82, 2.24) is 9.62 Å². The molecule has 0 unspecified atom stereocenters. The summed E-state index contributed by atoms with van der Waals surface area (Å²) in [6, 6.07) is 12.1. The molecule has 2 aromatic carbocycles. The third-order valence-electron chi connectivity index (χ3n) is 5.36. The molecule has 8 nitrogen and oxygen atoms in total. The van der Waals surface area contributed by atoms with E-state index in [0.717, 1.165) is 29.1 Å². The number of likely N-dealkylation sites (N-methyl/N-ethyl adjacent to an activating group) is 1. The van der Waals surface area contributed by atoms with Crippen molar-refractivity contribution in [2.75, 3.05) is 25.5 Å². The van der Waals surface area contributed by atoms with Crippen LogP contribution in [0.1, 0.15) is 30.0 Å². The summed E-state index contributed by atoms with van der Waals surface area (Å²) in [5.74, 6) is -0.306.